The molecule has 1 aliphatic rings. The zero-order valence-electron chi connectivity index (χ0n) is 12.3. The Hall–Kier alpha value is -1.56. The van der Waals surface area contributed by atoms with Crippen LogP contribution in [0.4, 0.5) is 4.79 Å². The van der Waals surface area contributed by atoms with Gasteiger partial charge in [-0.2, -0.15) is 0 Å². The van der Waals surface area contributed by atoms with Crippen molar-refractivity contribution in [3.8, 4) is 0 Å². The number of carboxylic acid groups (broad SMARTS) is 1. The van der Waals surface area contributed by atoms with Gasteiger partial charge in [-0.25, -0.2) is 4.79 Å². The molecular formula is C15H22N2O3S. The van der Waals surface area contributed by atoms with E-state index < -0.39 is 5.97 Å². The van der Waals surface area contributed by atoms with Gasteiger partial charge in [-0.05, 0) is 41.7 Å². The lowest BCUT2D eigenvalue weighted by molar-refractivity contribution is -0.141. The summed E-state index contributed by atoms with van der Waals surface area (Å²) in [7, 11) is 0. The van der Waals surface area contributed by atoms with Crippen LogP contribution in [0, 0.1) is 5.41 Å². The standard InChI is InChI=1S/C15H22N2O3S/c1-2-11-4-7-21-12(11)9-16-14(20)17-10-15(5-3-6-15)8-13(18)19/h4,7H,2-3,5-6,8-10H2,1H3,(H,18,19)(H2,16,17,20). The van der Waals surface area contributed by atoms with Crippen molar-refractivity contribution in [2.24, 2.45) is 5.41 Å². The number of hydrogen-bond acceptors (Lipinski definition) is 3. The smallest absolute Gasteiger partial charge is 0.315 e. The molecule has 0 atom stereocenters. The van der Waals surface area contributed by atoms with Crippen molar-refractivity contribution in [1.82, 2.24) is 10.6 Å². The maximum atomic E-state index is 11.8. The lowest BCUT2D eigenvalue weighted by Gasteiger charge is -2.40. The molecule has 3 N–H and O–H groups in total. The van der Waals surface area contributed by atoms with Crippen molar-refractivity contribution in [3.63, 3.8) is 0 Å². The summed E-state index contributed by atoms with van der Waals surface area (Å²) in [5.41, 5.74) is 1.03. The summed E-state index contributed by atoms with van der Waals surface area (Å²) in [5.74, 6) is -0.789. The Bertz CT molecular complexity index is 509. The first-order valence-corrected chi connectivity index (χ1v) is 8.21. The summed E-state index contributed by atoms with van der Waals surface area (Å²) in [6.07, 6.45) is 3.91. The predicted octanol–water partition coefficient (Wildman–Crippen LogP) is 2.75. The van der Waals surface area contributed by atoms with E-state index in [0.717, 1.165) is 25.7 Å². The van der Waals surface area contributed by atoms with E-state index in [1.165, 1.54) is 10.4 Å². The number of aliphatic carboxylic acids is 1. The van der Waals surface area contributed by atoms with Crippen LogP contribution in [-0.4, -0.2) is 23.7 Å². The zero-order valence-corrected chi connectivity index (χ0v) is 13.1. The van der Waals surface area contributed by atoms with Gasteiger partial charge < -0.3 is 15.7 Å². The number of rotatable bonds is 7. The molecule has 0 spiro atoms. The summed E-state index contributed by atoms with van der Waals surface area (Å²) in [6.45, 7) is 3.06. The summed E-state index contributed by atoms with van der Waals surface area (Å²) >= 11 is 1.64. The number of carboxylic acids is 1. The molecule has 116 valence electrons. The summed E-state index contributed by atoms with van der Waals surface area (Å²) < 4.78 is 0. The second-order valence-electron chi connectivity index (χ2n) is 5.68. The number of thiophene rings is 1. The van der Waals surface area contributed by atoms with E-state index in [9.17, 15) is 9.59 Å². The highest BCUT2D eigenvalue weighted by molar-refractivity contribution is 7.10. The third-order valence-electron chi connectivity index (χ3n) is 4.19. The largest absolute Gasteiger partial charge is 0.481 e. The molecule has 5 nitrogen and oxygen atoms in total. The summed E-state index contributed by atoms with van der Waals surface area (Å²) in [5, 5.41) is 16.6. The fourth-order valence-corrected chi connectivity index (χ4v) is 3.66. The van der Waals surface area contributed by atoms with Gasteiger partial charge in [0.2, 0.25) is 0 Å². The molecule has 6 heteroatoms. The van der Waals surface area contributed by atoms with Crippen molar-refractivity contribution < 1.29 is 14.7 Å². The van der Waals surface area contributed by atoms with Gasteiger partial charge in [-0.15, -0.1) is 11.3 Å². The van der Waals surface area contributed by atoms with E-state index in [0.29, 0.717) is 13.1 Å². The van der Waals surface area contributed by atoms with Crippen molar-refractivity contribution in [3.05, 3.63) is 21.9 Å². The number of carbonyl (C=O) groups excluding carboxylic acids is 1. The molecule has 2 rings (SSSR count). The van der Waals surface area contributed by atoms with E-state index >= 15 is 0 Å². The SMILES string of the molecule is CCc1ccsc1CNC(=O)NCC1(CC(=O)O)CCC1. The first kappa shape index (κ1) is 15.8. The first-order chi connectivity index (χ1) is 10.0. The van der Waals surface area contributed by atoms with Gasteiger partial charge in [0.1, 0.15) is 0 Å². The van der Waals surface area contributed by atoms with Crippen LogP contribution in [0.3, 0.4) is 0 Å². The number of amides is 2. The Morgan fingerprint density at radius 2 is 2.14 bits per heavy atom. The highest BCUT2D eigenvalue weighted by Crippen LogP contribution is 2.43. The molecule has 1 aromatic rings. The second kappa shape index (κ2) is 6.93. The minimum Gasteiger partial charge on any atom is -0.481 e. The van der Waals surface area contributed by atoms with Crippen molar-refractivity contribution in [1.29, 1.82) is 0 Å². The van der Waals surface area contributed by atoms with Crippen LogP contribution in [0.1, 0.15) is 43.0 Å². The Labute approximate surface area is 128 Å². The van der Waals surface area contributed by atoms with Crippen LogP contribution in [0.5, 0.6) is 0 Å². The van der Waals surface area contributed by atoms with E-state index in [-0.39, 0.29) is 17.9 Å². The van der Waals surface area contributed by atoms with E-state index in [1.807, 2.05) is 5.38 Å². The molecule has 0 radical (unpaired) electrons. The molecule has 1 heterocycles. The number of carbonyl (C=O) groups is 2. The van der Waals surface area contributed by atoms with Crippen LogP contribution in [0.25, 0.3) is 0 Å². The second-order valence-corrected chi connectivity index (χ2v) is 6.68. The third kappa shape index (κ3) is 4.20. The summed E-state index contributed by atoms with van der Waals surface area (Å²) in [6, 6.07) is 1.86. The lowest BCUT2D eigenvalue weighted by Crippen LogP contribution is -2.46. The topological polar surface area (TPSA) is 78.4 Å². The van der Waals surface area contributed by atoms with Gasteiger partial charge in [0.25, 0.3) is 0 Å². The molecule has 0 unspecified atom stereocenters. The fraction of sp³-hybridized carbons (Fsp3) is 0.600. The maximum Gasteiger partial charge on any atom is 0.315 e. The van der Waals surface area contributed by atoms with Crippen molar-refractivity contribution >= 4 is 23.3 Å². The van der Waals surface area contributed by atoms with E-state index in [1.54, 1.807) is 11.3 Å². The average molecular weight is 310 g/mol. The molecule has 1 saturated carbocycles. The van der Waals surface area contributed by atoms with Crippen LogP contribution in [-0.2, 0) is 17.8 Å². The number of nitrogens with one attached hydrogen (secondary N) is 2. The van der Waals surface area contributed by atoms with E-state index in [4.69, 9.17) is 5.11 Å². The molecule has 0 aromatic carbocycles. The van der Waals surface area contributed by atoms with Gasteiger partial charge in [0.15, 0.2) is 0 Å². The normalized spacial score (nSPS) is 16.0. The van der Waals surface area contributed by atoms with Crippen LogP contribution >= 0.6 is 11.3 Å². The molecule has 1 fully saturated rings. The molecule has 1 aromatic heterocycles. The van der Waals surface area contributed by atoms with Gasteiger partial charge in [-0.1, -0.05) is 13.3 Å². The molecule has 2 amide bonds. The van der Waals surface area contributed by atoms with Gasteiger partial charge in [-0.3, -0.25) is 4.79 Å². The molecule has 0 aliphatic heterocycles. The minimum atomic E-state index is -0.789. The summed E-state index contributed by atoms with van der Waals surface area (Å²) in [4.78, 5) is 23.9. The molecule has 21 heavy (non-hydrogen) atoms. The van der Waals surface area contributed by atoms with E-state index in [2.05, 4.69) is 23.6 Å². The Morgan fingerprint density at radius 3 is 2.71 bits per heavy atom. The zero-order chi connectivity index (χ0) is 15.3. The van der Waals surface area contributed by atoms with Crippen molar-refractivity contribution in [2.45, 2.75) is 45.6 Å². The predicted molar refractivity (Wildman–Crippen MR) is 82.5 cm³/mol. The quantitative estimate of drug-likeness (QED) is 0.724. The maximum absolute atomic E-state index is 11.8. The highest BCUT2D eigenvalue weighted by atomic mass is 32.1. The molecule has 0 bridgehead atoms. The first-order valence-electron chi connectivity index (χ1n) is 7.33. The molecule has 1 aliphatic carbocycles. The van der Waals surface area contributed by atoms with Crippen LogP contribution in [0.15, 0.2) is 11.4 Å². The Balaban J connectivity index is 1.76. The van der Waals surface area contributed by atoms with Crippen LogP contribution in [0.2, 0.25) is 0 Å². The van der Waals surface area contributed by atoms with Gasteiger partial charge in [0.05, 0.1) is 13.0 Å². The Morgan fingerprint density at radius 1 is 1.38 bits per heavy atom. The average Bonchev–Trinajstić information content (AvgIpc) is 2.86. The van der Waals surface area contributed by atoms with Gasteiger partial charge >= 0.3 is 12.0 Å². The molecule has 0 saturated heterocycles. The minimum absolute atomic E-state index is 0.137. The Kier molecular flexibility index (Phi) is 5.22. The number of hydrogen-bond donors (Lipinski definition) is 3. The number of urea groups is 1. The monoisotopic (exact) mass is 310 g/mol. The highest BCUT2D eigenvalue weighted by Gasteiger charge is 2.39. The van der Waals surface area contributed by atoms with Crippen molar-refractivity contribution in [2.75, 3.05) is 6.54 Å². The van der Waals surface area contributed by atoms with Crippen LogP contribution < -0.4 is 10.6 Å². The molecular weight excluding hydrogens is 288 g/mol. The fourth-order valence-electron chi connectivity index (χ4n) is 2.74. The lowest BCUT2D eigenvalue weighted by atomic mass is 9.66. The third-order valence-corrected chi connectivity index (χ3v) is 5.16. The number of aryl methyl sites for hydroxylation is 1. The van der Waals surface area contributed by atoms with Gasteiger partial charge in [0, 0.05) is 11.4 Å².